The number of carbonyl (C=O) groups is 1. The number of rotatable bonds is 64. The molecule has 3 rings (SSSR count). The number of unbranched alkanes of at least 4 members (excludes halogenated alkanes) is 42. The second-order valence-electron chi connectivity index (χ2n) is 28.9. The number of amides is 1. The minimum absolute atomic E-state index is 0.243. The molecule has 17 atom stereocenters. The Morgan fingerprint density at radius 3 is 1.04 bits per heavy atom. The van der Waals surface area contributed by atoms with Crippen LogP contribution in [-0.4, -0.2) is 193 Å². The smallest absolute Gasteiger partial charge is 0.220 e. The van der Waals surface area contributed by atoms with Crippen LogP contribution in [0.25, 0.3) is 0 Å². The first kappa shape index (κ1) is 91.0. The van der Waals surface area contributed by atoms with Crippen LogP contribution < -0.4 is 5.32 Å². The van der Waals surface area contributed by atoms with Crippen LogP contribution in [0.5, 0.6) is 0 Å². The van der Waals surface area contributed by atoms with Crippen LogP contribution in [0.2, 0.25) is 0 Å². The molecule has 19 nitrogen and oxygen atoms in total. The van der Waals surface area contributed by atoms with Crippen molar-refractivity contribution in [1.29, 1.82) is 0 Å². The molecule has 12 N–H and O–H groups in total. The number of hydrogen-bond donors (Lipinski definition) is 12. The van der Waals surface area contributed by atoms with E-state index in [1.165, 1.54) is 238 Å². The first-order chi connectivity index (χ1) is 48.3. The van der Waals surface area contributed by atoms with Gasteiger partial charge in [-0.15, -0.1) is 0 Å². The van der Waals surface area contributed by atoms with Gasteiger partial charge in [-0.2, -0.15) is 0 Å². The topological polar surface area (TPSA) is 307 Å². The van der Waals surface area contributed by atoms with Crippen molar-refractivity contribution in [3.8, 4) is 0 Å². The lowest BCUT2D eigenvalue weighted by molar-refractivity contribution is -0.379. The Bertz CT molecular complexity index is 1980. The van der Waals surface area contributed by atoms with Crippen LogP contribution in [0.1, 0.15) is 322 Å². The Morgan fingerprint density at radius 1 is 0.364 bits per heavy atom. The number of nitrogens with one attached hydrogen (secondary N) is 1. The zero-order valence-electron chi connectivity index (χ0n) is 62.0. The van der Waals surface area contributed by atoms with Crippen molar-refractivity contribution in [2.24, 2.45) is 0 Å². The molecule has 0 aromatic rings. The van der Waals surface area contributed by atoms with Crippen molar-refractivity contribution in [2.75, 3.05) is 26.4 Å². The van der Waals surface area contributed by atoms with Crippen molar-refractivity contribution in [3.63, 3.8) is 0 Å². The molecule has 3 fully saturated rings. The molecule has 0 spiro atoms. The summed E-state index contributed by atoms with van der Waals surface area (Å²) in [4.78, 5) is 13.5. The fraction of sp³-hybridized carbons (Fsp3) is 0.887. The van der Waals surface area contributed by atoms with E-state index in [0.717, 1.165) is 57.8 Å². The number of allylic oxidation sites excluding steroid dienone is 7. The van der Waals surface area contributed by atoms with Gasteiger partial charge in [-0.05, 0) is 57.8 Å². The molecule has 3 aliphatic heterocycles. The molecule has 17 unspecified atom stereocenters. The van der Waals surface area contributed by atoms with Crippen molar-refractivity contribution in [1.82, 2.24) is 5.32 Å². The fourth-order valence-corrected chi connectivity index (χ4v) is 13.6. The Hall–Kier alpha value is -2.25. The summed E-state index contributed by atoms with van der Waals surface area (Å²) in [6.45, 7) is 1.77. The largest absolute Gasteiger partial charge is 0.394 e. The third kappa shape index (κ3) is 41.3. The molecule has 3 heterocycles. The average molecular weight is 1410 g/mol. The molecule has 0 aliphatic carbocycles. The lowest BCUT2D eigenvalue weighted by atomic mass is 9.96. The summed E-state index contributed by atoms with van der Waals surface area (Å²) in [5.41, 5.74) is 0. The summed E-state index contributed by atoms with van der Waals surface area (Å²) in [6.07, 6.45) is 49.4. The molecule has 19 heteroatoms. The molecular weight excluding hydrogens is 1260 g/mol. The van der Waals surface area contributed by atoms with Crippen LogP contribution in [-0.2, 0) is 33.2 Å². The highest BCUT2D eigenvalue weighted by atomic mass is 16.8. The van der Waals surface area contributed by atoms with Gasteiger partial charge in [0, 0.05) is 6.42 Å². The van der Waals surface area contributed by atoms with Crippen molar-refractivity contribution < 1.29 is 89.4 Å². The molecule has 0 saturated carbocycles. The zero-order chi connectivity index (χ0) is 71.8. The van der Waals surface area contributed by atoms with Crippen LogP contribution in [0, 0.1) is 0 Å². The summed E-state index contributed by atoms with van der Waals surface area (Å²) in [6, 6.07) is -0.976. The van der Waals surface area contributed by atoms with Crippen LogP contribution in [0.15, 0.2) is 48.6 Å². The van der Waals surface area contributed by atoms with E-state index in [1.54, 1.807) is 6.08 Å². The summed E-state index contributed by atoms with van der Waals surface area (Å²) < 4.78 is 34.5. The second kappa shape index (κ2) is 61.0. The van der Waals surface area contributed by atoms with E-state index in [9.17, 15) is 61.0 Å². The van der Waals surface area contributed by atoms with Gasteiger partial charge in [0.15, 0.2) is 18.9 Å². The maximum atomic E-state index is 13.5. The Kier molecular flexibility index (Phi) is 56.0. The van der Waals surface area contributed by atoms with Gasteiger partial charge < -0.3 is 89.9 Å². The highest BCUT2D eigenvalue weighted by molar-refractivity contribution is 5.76. The van der Waals surface area contributed by atoms with Gasteiger partial charge in [0.25, 0.3) is 0 Å². The summed E-state index contributed by atoms with van der Waals surface area (Å²) in [7, 11) is 0. The van der Waals surface area contributed by atoms with Gasteiger partial charge in [-0.25, -0.2) is 0 Å². The number of hydrogen-bond acceptors (Lipinski definition) is 18. The number of aliphatic hydroxyl groups is 11. The van der Waals surface area contributed by atoms with Crippen LogP contribution in [0.4, 0.5) is 0 Å². The molecule has 3 aliphatic rings. The van der Waals surface area contributed by atoms with Gasteiger partial charge in [0.05, 0.1) is 38.6 Å². The maximum Gasteiger partial charge on any atom is 0.220 e. The second-order valence-corrected chi connectivity index (χ2v) is 28.9. The number of aliphatic hydroxyl groups excluding tert-OH is 11. The summed E-state index contributed by atoms with van der Waals surface area (Å²) >= 11 is 0. The molecule has 580 valence electrons. The molecule has 0 aromatic carbocycles. The predicted molar refractivity (Wildman–Crippen MR) is 392 cm³/mol. The predicted octanol–water partition coefficient (Wildman–Crippen LogP) is 13.3. The van der Waals surface area contributed by atoms with Gasteiger partial charge in [0.1, 0.15) is 73.2 Å². The number of ether oxygens (including phenoxy) is 6. The minimum Gasteiger partial charge on any atom is -0.394 e. The van der Waals surface area contributed by atoms with Crippen LogP contribution >= 0.6 is 0 Å². The Morgan fingerprint density at radius 2 is 0.667 bits per heavy atom. The van der Waals surface area contributed by atoms with E-state index in [1.807, 2.05) is 6.08 Å². The molecule has 0 bridgehead atoms. The van der Waals surface area contributed by atoms with Crippen molar-refractivity contribution >= 4 is 5.91 Å². The maximum absolute atomic E-state index is 13.5. The van der Waals surface area contributed by atoms with E-state index in [2.05, 4.69) is 55.6 Å². The van der Waals surface area contributed by atoms with E-state index in [4.69, 9.17) is 28.4 Å². The molecule has 0 radical (unpaired) electrons. The van der Waals surface area contributed by atoms with Gasteiger partial charge >= 0.3 is 0 Å². The third-order valence-corrected chi connectivity index (χ3v) is 20.1. The van der Waals surface area contributed by atoms with E-state index >= 15 is 0 Å². The molecule has 0 aromatic heterocycles. The van der Waals surface area contributed by atoms with E-state index in [-0.39, 0.29) is 18.9 Å². The SMILES string of the molecule is CCCCCCC/C=C\C/C=C\C/C=C\CCCCCCCCCCCCCCCCC(=O)NC(COC1OC(CO)C(OC2OC(CO)C(OC3OC(CO)C(O)C(O)C3O)C(O)C2O)C(O)C1O)C(O)/C=C/CCCCCCCCCCCCCCCCCCCCCCCCC. The highest BCUT2D eigenvalue weighted by Gasteiger charge is 2.54. The molecule has 3 saturated heterocycles. The third-order valence-electron chi connectivity index (χ3n) is 20.1. The van der Waals surface area contributed by atoms with E-state index < -0.39 is 124 Å². The quantitative estimate of drug-likeness (QED) is 0.0199. The average Bonchev–Trinajstić information content (AvgIpc) is 0.785. The first-order valence-electron chi connectivity index (χ1n) is 40.4. The fourth-order valence-electron chi connectivity index (χ4n) is 13.6. The van der Waals surface area contributed by atoms with Gasteiger partial charge in [-0.3, -0.25) is 4.79 Å². The summed E-state index contributed by atoms with van der Waals surface area (Å²) in [5.74, 6) is -0.273. The lowest BCUT2D eigenvalue weighted by Crippen LogP contribution is -2.66. The Labute approximate surface area is 599 Å². The van der Waals surface area contributed by atoms with Gasteiger partial charge in [0.2, 0.25) is 5.91 Å². The van der Waals surface area contributed by atoms with Crippen LogP contribution in [0.3, 0.4) is 0 Å². The molecular formula is C80H147NO18. The normalized spacial score (nSPS) is 26.8. The summed E-state index contributed by atoms with van der Waals surface area (Å²) in [5, 5.41) is 121. The van der Waals surface area contributed by atoms with Crippen molar-refractivity contribution in [3.05, 3.63) is 48.6 Å². The Balaban J connectivity index is 1.38. The lowest BCUT2D eigenvalue weighted by Gasteiger charge is -2.48. The molecule has 1 amide bonds. The van der Waals surface area contributed by atoms with Gasteiger partial charge in [-0.1, -0.05) is 306 Å². The van der Waals surface area contributed by atoms with E-state index in [0.29, 0.717) is 6.42 Å². The first-order valence-corrected chi connectivity index (χ1v) is 40.4. The van der Waals surface area contributed by atoms with Crippen molar-refractivity contribution in [2.45, 2.75) is 426 Å². The monoisotopic (exact) mass is 1410 g/mol. The number of carbonyl (C=O) groups excluding carboxylic acids is 1. The standard InChI is InChI=1S/C80H147NO18/c1-3-5-7-9-11-13-15-17-19-21-23-25-27-29-30-31-32-34-36-38-40-42-44-46-48-50-52-54-56-58-68(86)81-63(64(85)57-55-53-51-49-47-45-43-41-39-37-35-33-28-26-24-22-20-18-16-14-12-10-8-6-4-2)62-94-78-74(92)71(89)76(66(60-83)96-78)99-80-75(93)72(90)77(67(61-84)97-80)98-79-73(91)70(88)69(87)65(59-82)95-79/h15,17,21,23,27,29,55,57,63-67,69-80,82-85,87-93H,3-14,16,18-20,22,24-26,28,30-54,56,58-62H2,1-2H3,(H,81,86)/b17-15-,23-21-,29-27-,57-55+. The molecule has 99 heavy (non-hydrogen) atoms. The zero-order valence-corrected chi connectivity index (χ0v) is 62.0. The highest BCUT2D eigenvalue weighted by Crippen LogP contribution is 2.33. The minimum atomic E-state index is -1.98.